The summed E-state index contributed by atoms with van der Waals surface area (Å²) in [6.45, 7) is 7.06. The van der Waals surface area contributed by atoms with Crippen molar-refractivity contribution >= 4 is 0 Å². The zero-order valence-electron chi connectivity index (χ0n) is 6.11. The minimum absolute atomic E-state index is 0.0860. The molecule has 10 heavy (non-hydrogen) atoms. The fourth-order valence-corrected chi connectivity index (χ4v) is 0.536. The lowest BCUT2D eigenvalue weighted by Gasteiger charge is -2.12. The van der Waals surface area contributed by atoms with Crippen molar-refractivity contribution in [3.8, 4) is 0 Å². The van der Waals surface area contributed by atoms with Crippen molar-refractivity contribution in [2.75, 3.05) is 0 Å². The Labute approximate surface area is 59.6 Å². The molecule has 0 aliphatic rings. The first-order valence-electron chi connectivity index (χ1n) is 3.01. The molecule has 0 heterocycles. The van der Waals surface area contributed by atoms with E-state index in [0.717, 1.165) is 0 Å². The molecule has 0 radical (unpaired) electrons. The summed E-state index contributed by atoms with van der Waals surface area (Å²) in [5.41, 5.74) is 0. The Morgan fingerprint density at radius 3 is 2.30 bits per heavy atom. The van der Waals surface area contributed by atoms with E-state index >= 15 is 0 Å². The van der Waals surface area contributed by atoms with E-state index in [2.05, 4.69) is 11.4 Å². The SMILES string of the molecule is C=CC(O[N+](=O)[O-])C(C)C. The smallest absolute Gasteiger partial charge is 0.295 e. The van der Waals surface area contributed by atoms with Gasteiger partial charge in [0.15, 0.2) is 0 Å². The van der Waals surface area contributed by atoms with Crippen LogP contribution in [0.1, 0.15) is 13.8 Å². The first kappa shape index (κ1) is 8.94. The van der Waals surface area contributed by atoms with Crippen molar-refractivity contribution in [2.45, 2.75) is 20.0 Å². The molecule has 0 N–H and O–H groups in total. The van der Waals surface area contributed by atoms with E-state index in [1.807, 2.05) is 13.8 Å². The predicted molar refractivity (Wildman–Crippen MR) is 36.9 cm³/mol. The van der Waals surface area contributed by atoms with Crippen molar-refractivity contribution in [1.82, 2.24) is 0 Å². The number of hydrogen-bond donors (Lipinski definition) is 0. The Morgan fingerprint density at radius 1 is 1.70 bits per heavy atom. The van der Waals surface area contributed by atoms with Gasteiger partial charge in [0.2, 0.25) is 0 Å². The van der Waals surface area contributed by atoms with Gasteiger partial charge < -0.3 is 4.84 Å². The van der Waals surface area contributed by atoms with Crippen LogP contribution >= 0.6 is 0 Å². The van der Waals surface area contributed by atoms with Gasteiger partial charge in [0.25, 0.3) is 5.09 Å². The van der Waals surface area contributed by atoms with Crippen molar-refractivity contribution in [3.05, 3.63) is 22.8 Å². The van der Waals surface area contributed by atoms with Crippen LogP contribution in [-0.2, 0) is 4.84 Å². The van der Waals surface area contributed by atoms with E-state index in [4.69, 9.17) is 0 Å². The summed E-state index contributed by atoms with van der Waals surface area (Å²) in [5.74, 6) is 0.0860. The van der Waals surface area contributed by atoms with Crippen LogP contribution < -0.4 is 0 Å². The van der Waals surface area contributed by atoms with Gasteiger partial charge in [-0.15, -0.1) is 16.7 Å². The Morgan fingerprint density at radius 2 is 2.20 bits per heavy atom. The molecular weight excluding hydrogens is 134 g/mol. The van der Waals surface area contributed by atoms with Crippen molar-refractivity contribution in [1.29, 1.82) is 0 Å². The minimum atomic E-state index is -0.799. The molecule has 0 aliphatic carbocycles. The quantitative estimate of drug-likeness (QED) is 0.341. The lowest BCUT2D eigenvalue weighted by molar-refractivity contribution is -0.767. The second-order valence-corrected chi connectivity index (χ2v) is 2.27. The first-order chi connectivity index (χ1) is 4.57. The largest absolute Gasteiger partial charge is 0.306 e. The molecule has 4 nitrogen and oxygen atoms in total. The van der Waals surface area contributed by atoms with Gasteiger partial charge in [-0.05, 0) is 5.92 Å². The van der Waals surface area contributed by atoms with Crippen LogP contribution in [0, 0.1) is 16.0 Å². The molecular formula is C6H11NO3. The van der Waals surface area contributed by atoms with Crippen LogP contribution in [0.3, 0.4) is 0 Å². The Bertz CT molecular complexity index is 133. The van der Waals surface area contributed by atoms with E-state index in [-0.39, 0.29) is 5.92 Å². The molecule has 58 valence electrons. The molecule has 1 unspecified atom stereocenters. The molecule has 0 amide bonds. The highest BCUT2D eigenvalue weighted by atomic mass is 17.0. The maximum atomic E-state index is 9.81. The summed E-state index contributed by atoms with van der Waals surface area (Å²) in [6.07, 6.45) is 0.933. The van der Waals surface area contributed by atoms with Crippen molar-refractivity contribution in [3.63, 3.8) is 0 Å². The number of nitrogens with zero attached hydrogens (tertiary/aromatic N) is 1. The van der Waals surface area contributed by atoms with Gasteiger partial charge in [0.1, 0.15) is 6.10 Å². The van der Waals surface area contributed by atoms with E-state index in [0.29, 0.717) is 0 Å². The second-order valence-electron chi connectivity index (χ2n) is 2.27. The lowest BCUT2D eigenvalue weighted by atomic mass is 10.1. The van der Waals surface area contributed by atoms with E-state index in [1.54, 1.807) is 0 Å². The highest BCUT2D eigenvalue weighted by molar-refractivity contribution is 4.80. The molecule has 0 saturated carbocycles. The molecule has 0 spiro atoms. The van der Waals surface area contributed by atoms with Gasteiger partial charge >= 0.3 is 0 Å². The highest BCUT2D eigenvalue weighted by Crippen LogP contribution is 2.06. The molecule has 0 aromatic carbocycles. The van der Waals surface area contributed by atoms with Crippen LogP contribution in [0.4, 0.5) is 0 Å². The second kappa shape index (κ2) is 3.87. The third kappa shape index (κ3) is 3.06. The van der Waals surface area contributed by atoms with Gasteiger partial charge in [-0.25, -0.2) is 0 Å². The minimum Gasteiger partial charge on any atom is -0.306 e. The molecule has 0 aliphatic heterocycles. The zero-order chi connectivity index (χ0) is 8.15. The summed E-state index contributed by atoms with van der Waals surface area (Å²) in [5, 5.41) is 9.01. The zero-order valence-corrected chi connectivity index (χ0v) is 6.11. The fraction of sp³-hybridized carbons (Fsp3) is 0.667. The monoisotopic (exact) mass is 145 g/mol. The van der Waals surface area contributed by atoms with Crippen LogP contribution in [0.5, 0.6) is 0 Å². The van der Waals surface area contributed by atoms with Crippen LogP contribution in [0.15, 0.2) is 12.7 Å². The Hall–Kier alpha value is -1.06. The van der Waals surface area contributed by atoms with E-state index in [1.165, 1.54) is 6.08 Å². The normalized spacial score (nSPS) is 12.7. The lowest BCUT2D eigenvalue weighted by Crippen LogP contribution is -2.20. The summed E-state index contributed by atoms with van der Waals surface area (Å²) < 4.78 is 0. The van der Waals surface area contributed by atoms with E-state index < -0.39 is 11.2 Å². The third-order valence-electron chi connectivity index (χ3n) is 1.10. The van der Waals surface area contributed by atoms with Crippen molar-refractivity contribution < 1.29 is 9.92 Å². The summed E-state index contributed by atoms with van der Waals surface area (Å²) >= 11 is 0. The highest BCUT2D eigenvalue weighted by Gasteiger charge is 2.12. The summed E-state index contributed by atoms with van der Waals surface area (Å²) in [6, 6.07) is 0. The molecule has 4 heteroatoms. The van der Waals surface area contributed by atoms with Crippen LogP contribution in [0.25, 0.3) is 0 Å². The first-order valence-corrected chi connectivity index (χ1v) is 3.01. The van der Waals surface area contributed by atoms with Gasteiger partial charge in [0, 0.05) is 0 Å². The maximum absolute atomic E-state index is 9.81. The maximum Gasteiger partial charge on any atom is 0.295 e. The van der Waals surface area contributed by atoms with Crippen molar-refractivity contribution in [2.24, 2.45) is 5.92 Å². The summed E-state index contributed by atoms with van der Waals surface area (Å²) in [4.78, 5) is 14.1. The van der Waals surface area contributed by atoms with Gasteiger partial charge in [-0.3, -0.25) is 0 Å². The van der Waals surface area contributed by atoms with Gasteiger partial charge in [0.05, 0.1) is 0 Å². The number of hydrogen-bond acceptors (Lipinski definition) is 3. The standard InChI is InChI=1S/C6H11NO3/c1-4-6(5(2)3)10-7(8)9/h4-6H,1H2,2-3H3. The average Bonchev–Trinajstić information content (AvgIpc) is 1.81. The van der Waals surface area contributed by atoms with Crippen LogP contribution in [0.2, 0.25) is 0 Å². The molecule has 0 saturated heterocycles. The molecule has 0 aromatic rings. The average molecular weight is 145 g/mol. The molecule has 0 bridgehead atoms. The van der Waals surface area contributed by atoms with Gasteiger partial charge in [-0.2, -0.15) is 0 Å². The molecule has 0 fully saturated rings. The van der Waals surface area contributed by atoms with E-state index in [9.17, 15) is 10.1 Å². The third-order valence-corrected chi connectivity index (χ3v) is 1.10. The molecule has 1 atom stereocenters. The Kier molecular flexibility index (Phi) is 3.46. The molecule has 0 rings (SSSR count). The predicted octanol–water partition coefficient (Wildman–Crippen LogP) is 1.41. The Balaban J connectivity index is 3.83. The van der Waals surface area contributed by atoms with Crippen LogP contribution in [-0.4, -0.2) is 11.2 Å². The van der Waals surface area contributed by atoms with Gasteiger partial charge in [-0.1, -0.05) is 19.9 Å². The molecule has 0 aromatic heterocycles. The number of rotatable bonds is 4. The summed E-state index contributed by atoms with van der Waals surface area (Å²) in [7, 11) is 0. The topological polar surface area (TPSA) is 52.4 Å². The fourth-order valence-electron chi connectivity index (χ4n) is 0.536.